The molecular formula is C37H60O6. The highest BCUT2D eigenvalue weighted by atomic mass is 16.5. The van der Waals surface area contributed by atoms with E-state index in [1.54, 1.807) is 0 Å². The van der Waals surface area contributed by atoms with E-state index in [1.807, 2.05) is 0 Å². The standard InChI is InChI=1S/C37H60O6/c1-5-6-7-8-29-11-15-32(16-12-29)34-19-21-35(22-20-34)33-17-13-30(14-18-33)9-10-31(25-42-36(39)27(2)23-38)26-43-37(40)28(3)24-41-4/h5-6,29-35,38H,2-3,7-26H2,1,4H3/b6-5+/t29?,30?,31-,32?,33?,34?,35?/m1/s1. The third-order valence-corrected chi connectivity index (χ3v) is 10.9. The number of ether oxygens (including phenoxy) is 3. The van der Waals surface area contributed by atoms with Gasteiger partial charge in [-0.2, -0.15) is 0 Å². The Hall–Kier alpha value is -1.92. The second-order valence-corrected chi connectivity index (χ2v) is 13.8. The fraction of sp³-hybridized carbons (Fsp3) is 0.784. The van der Waals surface area contributed by atoms with Crippen molar-refractivity contribution in [2.75, 3.05) is 33.5 Å². The van der Waals surface area contributed by atoms with Crippen molar-refractivity contribution in [1.82, 2.24) is 0 Å². The Labute approximate surface area is 261 Å². The molecule has 0 unspecified atom stereocenters. The number of allylic oxidation sites excluding steroid dienone is 2. The van der Waals surface area contributed by atoms with Crippen molar-refractivity contribution in [3.05, 3.63) is 36.5 Å². The summed E-state index contributed by atoms with van der Waals surface area (Å²) < 4.78 is 15.8. The van der Waals surface area contributed by atoms with E-state index in [1.165, 1.54) is 97.0 Å². The summed E-state index contributed by atoms with van der Waals surface area (Å²) in [7, 11) is 1.51. The SMILES string of the molecule is C=C(CO)C(=O)OC[C@@H](CCC1CCC(C2CCC(C3CCC(CC/C=C/C)CC3)CC2)CC1)COC(=O)C(=C)COC. The summed E-state index contributed by atoms with van der Waals surface area (Å²) in [6.45, 7) is 9.37. The maximum absolute atomic E-state index is 12.2. The number of rotatable bonds is 17. The molecule has 0 bridgehead atoms. The number of methoxy groups -OCH3 is 1. The Kier molecular flexibility index (Phi) is 16.1. The van der Waals surface area contributed by atoms with Gasteiger partial charge in [0.05, 0.1) is 37.6 Å². The monoisotopic (exact) mass is 600 g/mol. The quantitative estimate of drug-likeness (QED) is 0.104. The van der Waals surface area contributed by atoms with Crippen LogP contribution in [0.1, 0.15) is 110 Å². The van der Waals surface area contributed by atoms with Crippen LogP contribution in [0.25, 0.3) is 0 Å². The van der Waals surface area contributed by atoms with Gasteiger partial charge in [-0.05, 0) is 119 Å². The van der Waals surface area contributed by atoms with E-state index >= 15 is 0 Å². The molecule has 0 spiro atoms. The van der Waals surface area contributed by atoms with Crippen LogP contribution in [-0.4, -0.2) is 50.6 Å². The molecule has 1 atom stereocenters. The fourth-order valence-electron chi connectivity index (χ4n) is 8.06. The number of carbonyl (C=O) groups excluding carboxylic acids is 2. The van der Waals surface area contributed by atoms with Crippen LogP contribution in [0, 0.1) is 41.4 Å². The highest BCUT2D eigenvalue weighted by molar-refractivity contribution is 5.88. The molecule has 6 heteroatoms. The van der Waals surface area contributed by atoms with Gasteiger partial charge in [-0.1, -0.05) is 51.0 Å². The molecule has 3 saturated carbocycles. The number of aliphatic hydroxyl groups is 1. The molecule has 3 rings (SSSR count). The Morgan fingerprint density at radius 2 is 1.19 bits per heavy atom. The Balaban J connectivity index is 1.36. The minimum atomic E-state index is -0.606. The molecule has 43 heavy (non-hydrogen) atoms. The molecule has 6 nitrogen and oxygen atoms in total. The molecule has 3 fully saturated rings. The van der Waals surface area contributed by atoms with E-state index in [9.17, 15) is 9.59 Å². The van der Waals surface area contributed by atoms with Gasteiger partial charge >= 0.3 is 11.9 Å². The lowest BCUT2D eigenvalue weighted by atomic mass is 9.64. The Morgan fingerprint density at radius 3 is 1.63 bits per heavy atom. The van der Waals surface area contributed by atoms with Gasteiger partial charge in [0, 0.05) is 13.0 Å². The third kappa shape index (κ3) is 12.2. The van der Waals surface area contributed by atoms with E-state index < -0.39 is 18.5 Å². The lowest BCUT2D eigenvalue weighted by Crippen LogP contribution is -2.30. The summed E-state index contributed by atoms with van der Waals surface area (Å²) in [5, 5.41) is 9.17. The molecular weight excluding hydrogens is 540 g/mol. The molecule has 0 aromatic carbocycles. The molecule has 0 saturated heterocycles. The van der Waals surface area contributed by atoms with Crippen molar-refractivity contribution in [2.45, 2.75) is 110 Å². The molecule has 3 aliphatic carbocycles. The van der Waals surface area contributed by atoms with Crippen molar-refractivity contribution in [1.29, 1.82) is 0 Å². The molecule has 3 aliphatic rings. The largest absolute Gasteiger partial charge is 0.462 e. The van der Waals surface area contributed by atoms with Gasteiger partial charge in [-0.15, -0.1) is 0 Å². The molecule has 0 heterocycles. The molecule has 1 N–H and O–H groups in total. The van der Waals surface area contributed by atoms with E-state index in [0.29, 0.717) is 5.92 Å². The van der Waals surface area contributed by atoms with Gasteiger partial charge < -0.3 is 19.3 Å². The van der Waals surface area contributed by atoms with Gasteiger partial charge in [0.1, 0.15) is 0 Å². The number of hydrogen-bond donors (Lipinski definition) is 1. The second kappa shape index (κ2) is 19.5. The normalized spacial score (nSPS) is 28.7. The van der Waals surface area contributed by atoms with Gasteiger partial charge in [-0.3, -0.25) is 0 Å². The highest BCUT2D eigenvalue weighted by Gasteiger charge is 2.34. The van der Waals surface area contributed by atoms with E-state index in [-0.39, 0.29) is 36.9 Å². The lowest BCUT2D eigenvalue weighted by Gasteiger charge is -2.41. The average molecular weight is 601 g/mol. The summed E-state index contributed by atoms with van der Waals surface area (Å²) in [5.74, 6) is 4.20. The molecule has 0 radical (unpaired) electrons. The topological polar surface area (TPSA) is 82.1 Å². The molecule has 0 amide bonds. The Morgan fingerprint density at radius 1 is 0.744 bits per heavy atom. The summed E-state index contributed by atoms with van der Waals surface area (Å²) >= 11 is 0. The van der Waals surface area contributed by atoms with Crippen molar-refractivity contribution in [3.63, 3.8) is 0 Å². The summed E-state index contributed by atoms with van der Waals surface area (Å²) in [6, 6.07) is 0. The zero-order valence-corrected chi connectivity index (χ0v) is 27.2. The maximum atomic E-state index is 12.2. The minimum absolute atomic E-state index is 0.0274. The summed E-state index contributed by atoms with van der Waals surface area (Å²) in [5.41, 5.74) is 0.293. The van der Waals surface area contributed by atoms with Gasteiger partial charge in [0.15, 0.2) is 0 Å². The van der Waals surface area contributed by atoms with Crippen LogP contribution in [0.5, 0.6) is 0 Å². The average Bonchev–Trinajstić information content (AvgIpc) is 3.04. The first-order chi connectivity index (χ1) is 20.8. The molecule has 0 aromatic heterocycles. The van der Waals surface area contributed by atoms with Crippen molar-refractivity contribution in [2.24, 2.45) is 41.4 Å². The zero-order chi connectivity index (χ0) is 31.0. The number of carbonyl (C=O) groups is 2. The van der Waals surface area contributed by atoms with E-state index in [0.717, 1.165) is 42.4 Å². The van der Waals surface area contributed by atoms with Crippen LogP contribution in [0.3, 0.4) is 0 Å². The summed E-state index contributed by atoms with van der Waals surface area (Å²) in [6.07, 6.45) is 25.9. The van der Waals surface area contributed by atoms with Crippen LogP contribution in [0.2, 0.25) is 0 Å². The van der Waals surface area contributed by atoms with E-state index in [2.05, 4.69) is 32.2 Å². The number of hydrogen-bond acceptors (Lipinski definition) is 6. The molecule has 0 aromatic rings. The molecule has 244 valence electrons. The van der Waals surface area contributed by atoms with Crippen LogP contribution < -0.4 is 0 Å². The third-order valence-electron chi connectivity index (χ3n) is 10.9. The van der Waals surface area contributed by atoms with Crippen LogP contribution in [0.15, 0.2) is 36.5 Å². The van der Waals surface area contributed by atoms with Crippen LogP contribution in [0.4, 0.5) is 0 Å². The predicted molar refractivity (Wildman–Crippen MR) is 172 cm³/mol. The van der Waals surface area contributed by atoms with Gasteiger partial charge in [0.2, 0.25) is 0 Å². The zero-order valence-electron chi connectivity index (χ0n) is 27.2. The van der Waals surface area contributed by atoms with E-state index in [4.69, 9.17) is 19.3 Å². The van der Waals surface area contributed by atoms with Gasteiger partial charge in [0.25, 0.3) is 0 Å². The number of aliphatic hydroxyl groups excluding tert-OH is 1. The molecule has 0 aliphatic heterocycles. The summed E-state index contributed by atoms with van der Waals surface area (Å²) in [4.78, 5) is 24.3. The second-order valence-electron chi connectivity index (χ2n) is 13.8. The van der Waals surface area contributed by atoms with Gasteiger partial charge in [-0.25, -0.2) is 9.59 Å². The highest BCUT2D eigenvalue weighted by Crippen LogP contribution is 2.46. The smallest absolute Gasteiger partial charge is 0.335 e. The van der Waals surface area contributed by atoms with Crippen molar-refractivity contribution < 1.29 is 28.9 Å². The maximum Gasteiger partial charge on any atom is 0.335 e. The first-order valence-electron chi connectivity index (χ1n) is 17.2. The van der Waals surface area contributed by atoms with Crippen LogP contribution in [-0.2, 0) is 23.8 Å². The minimum Gasteiger partial charge on any atom is -0.462 e. The Bertz CT molecular complexity index is 885. The lowest BCUT2D eigenvalue weighted by molar-refractivity contribution is -0.145. The van der Waals surface area contributed by atoms with Crippen LogP contribution >= 0.6 is 0 Å². The predicted octanol–water partition coefficient (Wildman–Crippen LogP) is 8.00. The first-order valence-corrected chi connectivity index (χ1v) is 17.2. The fourth-order valence-corrected chi connectivity index (χ4v) is 8.06. The van der Waals surface area contributed by atoms with Crippen molar-refractivity contribution >= 4 is 11.9 Å². The van der Waals surface area contributed by atoms with Crippen molar-refractivity contribution in [3.8, 4) is 0 Å². The first kappa shape index (κ1) is 35.6. The number of esters is 2.